The molecule has 25 heavy (non-hydrogen) atoms. The van der Waals surface area contributed by atoms with Crippen molar-refractivity contribution in [2.45, 2.75) is 38.0 Å². The second kappa shape index (κ2) is 9.28. The number of nitrogens with one attached hydrogen (secondary N) is 2. The number of carbonyl (C=O) groups excluding carboxylic acids is 2. The van der Waals surface area contributed by atoms with Crippen molar-refractivity contribution in [3.8, 4) is 0 Å². The number of pyridine rings is 1. The highest BCUT2D eigenvalue weighted by Crippen LogP contribution is 2.33. The van der Waals surface area contributed by atoms with Crippen LogP contribution in [0.4, 0.5) is 13.2 Å². The molecule has 2 N–H and O–H groups in total. The zero-order chi connectivity index (χ0) is 19.2. The van der Waals surface area contributed by atoms with E-state index in [9.17, 15) is 22.8 Å². The number of nitrogens with zero attached hydrogens (tertiary/aromatic N) is 1. The maximum absolute atomic E-state index is 12.5. The van der Waals surface area contributed by atoms with Gasteiger partial charge in [0, 0.05) is 25.4 Å². The van der Waals surface area contributed by atoms with Crippen LogP contribution in [0.5, 0.6) is 0 Å². The lowest BCUT2D eigenvalue weighted by atomic mass is 10.0. The van der Waals surface area contributed by atoms with Crippen LogP contribution < -0.4 is 10.6 Å². The summed E-state index contributed by atoms with van der Waals surface area (Å²) >= 11 is 6.94. The summed E-state index contributed by atoms with van der Waals surface area (Å²) in [6.45, 7) is 5.20. The van der Waals surface area contributed by atoms with E-state index >= 15 is 0 Å². The Morgan fingerprint density at radius 1 is 1.36 bits per heavy atom. The molecule has 1 rings (SSSR count). The number of amides is 2. The number of hydrogen-bond donors (Lipinski definition) is 2. The first kappa shape index (κ1) is 21.6. The largest absolute Gasteiger partial charge is 0.417 e. The molecule has 1 aromatic heterocycles. The molecule has 1 aromatic rings. The van der Waals surface area contributed by atoms with Gasteiger partial charge in [0.2, 0.25) is 11.8 Å². The lowest BCUT2D eigenvalue weighted by Crippen LogP contribution is -2.49. The molecule has 0 bridgehead atoms. The summed E-state index contributed by atoms with van der Waals surface area (Å²) in [5, 5.41) is 5.40. The molecule has 2 amide bonds. The molecular formula is C15H19ClF3N3O2S. The number of halogens is 4. The Balaban J connectivity index is 2.52. The minimum Gasteiger partial charge on any atom is -0.353 e. The SMILES string of the molecule is CC(=O)NC(C(=O)NCCSc1ncc(C(F)(F)F)cc1Cl)C(C)C. The van der Waals surface area contributed by atoms with Crippen molar-refractivity contribution in [1.82, 2.24) is 15.6 Å². The molecule has 5 nitrogen and oxygen atoms in total. The fourth-order valence-corrected chi connectivity index (χ4v) is 2.92. The van der Waals surface area contributed by atoms with Crippen molar-refractivity contribution in [1.29, 1.82) is 0 Å². The topological polar surface area (TPSA) is 71.1 Å². The Morgan fingerprint density at radius 3 is 2.48 bits per heavy atom. The van der Waals surface area contributed by atoms with E-state index in [1.54, 1.807) is 13.8 Å². The molecule has 0 radical (unpaired) electrons. The highest BCUT2D eigenvalue weighted by molar-refractivity contribution is 7.99. The van der Waals surface area contributed by atoms with Gasteiger partial charge in [0.05, 0.1) is 10.6 Å². The first-order valence-electron chi connectivity index (χ1n) is 7.42. The second-order valence-corrected chi connectivity index (χ2v) is 7.06. The van der Waals surface area contributed by atoms with Gasteiger partial charge in [-0.05, 0) is 12.0 Å². The van der Waals surface area contributed by atoms with Crippen LogP contribution in [0.25, 0.3) is 0 Å². The highest BCUT2D eigenvalue weighted by atomic mass is 35.5. The van der Waals surface area contributed by atoms with Gasteiger partial charge < -0.3 is 10.6 Å². The van der Waals surface area contributed by atoms with Crippen molar-refractivity contribution in [2.75, 3.05) is 12.3 Å². The molecule has 0 saturated heterocycles. The van der Waals surface area contributed by atoms with Crippen molar-refractivity contribution < 1.29 is 22.8 Å². The molecule has 10 heteroatoms. The Kier molecular flexibility index (Phi) is 8.01. The van der Waals surface area contributed by atoms with Gasteiger partial charge >= 0.3 is 6.18 Å². The van der Waals surface area contributed by atoms with Gasteiger partial charge in [-0.3, -0.25) is 9.59 Å². The van der Waals surface area contributed by atoms with Gasteiger partial charge in [-0.25, -0.2) is 4.98 Å². The van der Waals surface area contributed by atoms with Crippen LogP contribution in [0.15, 0.2) is 17.3 Å². The van der Waals surface area contributed by atoms with Gasteiger partial charge in [-0.1, -0.05) is 25.4 Å². The van der Waals surface area contributed by atoms with Crippen LogP contribution in [0.2, 0.25) is 5.02 Å². The molecule has 1 heterocycles. The van der Waals surface area contributed by atoms with Gasteiger partial charge in [0.25, 0.3) is 0 Å². The average Bonchev–Trinajstić information content (AvgIpc) is 2.48. The number of hydrogen-bond acceptors (Lipinski definition) is 4. The molecule has 0 fully saturated rings. The van der Waals surface area contributed by atoms with E-state index in [-0.39, 0.29) is 34.3 Å². The average molecular weight is 398 g/mol. The minimum atomic E-state index is -4.50. The first-order chi connectivity index (χ1) is 11.5. The standard InChI is InChI=1S/C15H19ClF3N3O2S/c1-8(2)12(22-9(3)23)13(24)20-4-5-25-14-11(16)6-10(7-21-14)15(17,18)19/h6-8,12H,4-5H2,1-3H3,(H,20,24)(H,22,23). The summed E-state index contributed by atoms with van der Waals surface area (Å²) in [5.41, 5.74) is -0.912. The second-order valence-electron chi connectivity index (χ2n) is 5.57. The Bertz CT molecular complexity index is 627. The predicted molar refractivity (Wildman–Crippen MR) is 90.4 cm³/mol. The maximum atomic E-state index is 12.5. The Morgan fingerprint density at radius 2 is 2.00 bits per heavy atom. The number of alkyl halides is 3. The molecule has 140 valence electrons. The smallest absolute Gasteiger partial charge is 0.353 e. The molecular weight excluding hydrogens is 379 g/mol. The van der Waals surface area contributed by atoms with E-state index in [2.05, 4.69) is 15.6 Å². The van der Waals surface area contributed by atoms with E-state index in [0.717, 1.165) is 24.0 Å². The number of rotatable bonds is 7. The monoisotopic (exact) mass is 397 g/mol. The summed E-state index contributed by atoms with van der Waals surface area (Å²) in [7, 11) is 0. The molecule has 0 spiro atoms. The summed E-state index contributed by atoms with van der Waals surface area (Å²) < 4.78 is 37.6. The van der Waals surface area contributed by atoms with Crippen LogP contribution in [-0.4, -0.2) is 35.1 Å². The highest BCUT2D eigenvalue weighted by Gasteiger charge is 2.31. The zero-order valence-electron chi connectivity index (χ0n) is 13.9. The van der Waals surface area contributed by atoms with Crippen LogP contribution in [0.1, 0.15) is 26.3 Å². The third-order valence-electron chi connectivity index (χ3n) is 3.08. The molecule has 0 saturated carbocycles. The van der Waals surface area contributed by atoms with Crippen molar-refractivity contribution >= 4 is 35.2 Å². The van der Waals surface area contributed by atoms with Crippen LogP contribution in [-0.2, 0) is 15.8 Å². The van der Waals surface area contributed by atoms with Crippen LogP contribution in [0.3, 0.4) is 0 Å². The molecule has 0 aliphatic carbocycles. The Hall–Kier alpha value is -1.48. The number of aromatic nitrogens is 1. The van der Waals surface area contributed by atoms with Gasteiger partial charge in [0.1, 0.15) is 11.1 Å². The molecule has 1 unspecified atom stereocenters. The third kappa shape index (κ3) is 7.11. The molecule has 0 aromatic carbocycles. The van der Waals surface area contributed by atoms with Gasteiger partial charge in [0.15, 0.2) is 0 Å². The number of carbonyl (C=O) groups is 2. The minimum absolute atomic E-state index is 0.0809. The summed E-state index contributed by atoms with van der Waals surface area (Å²) in [5.74, 6) is -0.335. The summed E-state index contributed by atoms with van der Waals surface area (Å²) in [4.78, 5) is 26.9. The van der Waals surface area contributed by atoms with E-state index < -0.39 is 17.8 Å². The third-order valence-corrected chi connectivity index (χ3v) is 4.49. The lowest BCUT2D eigenvalue weighted by molar-refractivity contribution is -0.137. The predicted octanol–water partition coefficient (Wildman–Crippen LogP) is 3.12. The van der Waals surface area contributed by atoms with E-state index in [4.69, 9.17) is 11.6 Å². The fraction of sp³-hybridized carbons (Fsp3) is 0.533. The molecule has 1 atom stereocenters. The van der Waals surface area contributed by atoms with Crippen LogP contribution >= 0.6 is 23.4 Å². The molecule has 0 aliphatic rings. The quantitative estimate of drug-likeness (QED) is 0.547. The lowest BCUT2D eigenvalue weighted by Gasteiger charge is -2.20. The van der Waals surface area contributed by atoms with Gasteiger partial charge in [-0.15, -0.1) is 11.8 Å². The van der Waals surface area contributed by atoms with E-state index in [1.165, 1.54) is 6.92 Å². The first-order valence-corrected chi connectivity index (χ1v) is 8.79. The maximum Gasteiger partial charge on any atom is 0.417 e. The zero-order valence-corrected chi connectivity index (χ0v) is 15.5. The van der Waals surface area contributed by atoms with Crippen molar-refractivity contribution in [2.24, 2.45) is 5.92 Å². The van der Waals surface area contributed by atoms with Crippen molar-refractivity contribution in [3.05, 3.63) is 22.8 Å². The summed E-state index contributed by atoms with van der Waals surface area (Å²) in [6.07, 6.45) is -3.78. The Labute approximate surface area is 153 Å². The molecule has 0 aliphatic heterocycles. The van der Waals surface area contributed by atoms with Gasteiger partial charge in [-0.2, -0.15) is 13.2 Å². The normalized spacial score (nSPS) is 12.8. The van der Waals surface area contributed by atoms with Crippen LogP contribution in [0, 0.1) is 5.92 Å². The fourth-order valence-electron chi connectivity index (χ4n) is 1.87. The van der Waals surface area contributed by atoms with E-state index in [0.29, 0.717) is 5.75 Å². The van der Waals surface area contributed by atoms with Crippen molar-refractivity contribution in [3.63, 3.8) is 0 Å². The summed E-state index contributed by atoms with van der Waals surface area (Å²) in [6, 6.07) is 0.177. The number of thioether (sulfide) groups is 1. The van der Waals surface area contributed by atoms with E-state index in [1.807, 2.05) is 0 Å².